The first-order valence-electron chi connectivity index (χ1n) is 3.73. The van der Waals surface area contributed by atoms with Crippen LogP contribution in [0.1, 0.15) is 6.42 Å². The maximum atomic E-state index is 12.3. The lowest BCUT2D eigenvalue weighted by Crippen LogP contribution is -2.37. The molecule has 13 heavy (non-hydrogen) atoms. The van der Waals surface area contributed by atoms with Crippen molar-refractivity contribution in [2.45, 2.75) is 12.6 Å². The van der Waals surface area contributed by atoms with E-state index in [0.29, 0.717) is 0 Å². The highest BCUT2D eigenvalue weighted by Crippen LogP contribution is 2.35. The van der Waals surface area contributed by atoms with E-state index in [0.717, 1.165) is 6.20 Å². The van der Waals surface area contributed by atoms with Crippen LogP contribution in [0.15, 0.2) is 11.8 Å². The van der Waals surface area contributed by atoms with E-state index in [1.54, 1.807) is 0 Å². The van der Waals surface area contributed by atoms with Crippen molar-refractivity contribution < 1.29 is 18.0 Å². The number of hydrogen-bond donors (Lipinski definition) is 2. The van der Waals surface area contributed by atoms with Crippen molar-refractivity contribution >= 4 is 5.91 Å². The molecule has 0 saturated heterocycles. The van der Waals surface area contributed by atoms with E-state index < -0.39 is 23.6 Å². The van der Waals surface area contributed by atoms with E-state index in [1.165, 1.54) is 0 Å². The molecule has 1 amide bonds. The van der Waals surface area contributed by atoms with E-state index in [4.69, 9.17) is 5.73 Å². The van der Waals surface area contributed by atoms with E-state index in [1.807, 2.05) is 0 Å². The molecule has 3 nitrogen and oxygen atoms in total. The zero-order chi connectivity index (χ0) is 10.1. The van der Waals surface area contributed by atoms with Crippen LogP contribution in [0, 0.1) is 5.92 Å². The minimum atomic E-state index is -4.39. The molecule has 0 aromatic carbocycles. The summed E-state index contributed by atoms with van der Waals surface area (Å²) in [5, 5.41) is 2.56. The van der Waals surface area contributed by atoms with Crippen LogP contribution in [-0.2, 0) is 4.79 Å². The Morgan fingerprint density at radius 3 is 2.62 bits per heavy atom. The SMILES string of the molecule is NC(=O)C1=CNCC[C@@H]1C(F)(F)F. The topological polar surface area (TPSA) is 55.1 Å². The number of carbonyl (C=O) groups is 1. The molecular formula is C7H9F3N2O. The first-order valence-corrected chi connectivity index (χ1v) is 3.73. The van der Waals surface area contributed by atoms with Gasteiger partial charge in [-0.1, -0.05) is 0 Å². The fourth-order valence-corrected chi connectivity index (χ4v) is 1.25. The van der Waals surface area contributed by atoms with Crippen molar-refractivity contribution in [1.29, 1.82) is 0 Å². The van der Waals surface area contributed by atoms with E-state index in [2.05, 4.69) is 5.32 Å². The fraction of sp³-hybridized carbons (Fsp3) is 0.571. The highest BCUT2D eigenvalue weighted by atomic mass is 19.4. The van der Waals surface area contributed by atoms with Gasteiger partial charge in [0.15, 0.2) is 0 Å². The molecule has 0 unspecified atom stereocenters. The van der Waals surface area contributed by atoms with Gasteiger partial charge in [-0.25, -0.2) is 0 Å². The third-order valence-corrected chi connectivity index (χ3v) is 1.89. The summed E-state index contributed by atoms with van der Waals surface area (Å²) in [6.07, 6.45) is -3.48. The Balaban J connectivity index is 2.89. The number of hydrogen-bond acceptors (Lipinski definition) is 2. The van der Waals surface area contributed by atoms with Crippen LogP contribution in [0.3, 0.4) is 0 Å². The summed E-state index contributed by atoms with van der Waals surface area (Å²) in [4.78, 5) is 10.6. The first-order chi connectivity index (χ1) is 5.93. The molecule has 0 bridgehead atoms. The van der Waals surface area contributed by atoms with Gasteiger partial charge >= 0.3 is 6.18 Å². The van der Waals surface area contributed by atoms with Crippen LogP contribution < -0.4 is 11.1 Å². The Kier molecular flexibility index (Phi) is 2.49. The number of carbonyl (C=O) groups excluding carboxylic acids is 1. The molecule has 74 valence electrons. The molecule has 1 aliphatic heterocycles. The first kappa shape index (κ1) is 9.88. The lowest BCUT2D eigenvalue weighted by atomic mass is 9.93. The molecule has 3 N–H and O–H groups in total. The summed E-state index contributed by atoms with van der Waals surface area (Å²) in [6, 6.07) is 0. The summed E-state index contributed by atoms with van der Waals surface area (Å²) in [5.41, 5.74) is 4.42. The lowest BCUT2D eigenvalue weighted by molar-refractivity contribution is -0.168. The van der Waals surface area contributed by atoms with Gasteiger partial charge in [-0.3, -0.25) is 4.79 Å². The van der Waals surface area contributed by atoms with Gasteiger partial charge < -0.3 is 11.1 Å². The molecule has 0 aromatic heterocycles. The normalized spacial score (nSPS) is 23.3. The van der Waals surface area contributed by atoms with Crippen LogP contribution in [0.5, 0.6) is 0 Å². The Hall–Kier alpha value is -1.20. The molecule has 1 heterocycles. The van der Waals surface area contributed by atoms with Gasteiger partial charge in [-0.05, 0) is 6.42 Å². The molecule has 0 aliphatic carbocycles. The Morgan fingerprint density at radius 2 is 2.23 bits per heavy atom. The highest BCUT2D eigenvalue weighted by Gasteiger charge is 2.44. The third kappa shape index (κ3) is 2.13. The second kappa shape index (κ2) is 3.27. The van der Waals surface area contributed by atoms with E-state index in [-0.39, 0.29) is 13.0 Å². The van der Waals surface area contributed by atoms with Crippen molar-refractivity contribution in [2.75, 3.05) is 6.54 Å². The molecule has 0 saturated carbocycles. The predicted molar refractivity (Wildman–Crippen MR) is 39.4 cm³/mol. The number of alkyl halides is 3. The smallest absolute Gasteiger partial charge is 0.390 e. The molecule has 0 aromatic rings. The third-order valence-electron chi connectivity index (χ3n) is 1.89. The number of nitrogens with two attached hydrogens (primary N) is 1. The summed E-state index contributed by atoms with van der Waals surface area (Å²) in [7, 11) is 0. The van der Waals surface area contributed by atoms with Gasteiger partial charge in [0.05, 0.1) is 5.92 Å². The quantitative estimate of drug-likeness (QED) is 0.639. The van der Waals surface area contributed by atoms with Crippen molar-refractivity contribution in [2.24, 2.45) is 11.7 Å². The largest absolute Gasteiger partial charge is 0.396 e. The standard InChI is InChI=1S/C7H9F3N2O/c8-7(9,10)5-1-2-12-3-4(5)6(11)13/h3,5,12H,1-2H2,(H2,11,13)/t5-/m0/s1. The summed E-state index contributed by atoms with van der Waals surface area (Å²) in [5.74, 6) is -2.74. The number of nitrogens with one attached hydrogen (secondary N) is 1. The van der Waals surface area contributed by atoms with Crippen LogP contribution in [-0.4, -0.2) is 18.6 Å². The zero-order valence-electron chi connectivity index (χ0n) is 6.69. The molecule has 0 spiro atoms. The lowest BCUT2D eigenvalue weighted by Gasteiger charge is -2.25. The Morgan fingerprint density at radius 1 is 1.62 bits per heavy atom. The maximum Gasteiger partial charge on any atom is 0.396 e. The second-order valence-corrected chi connectivity index (χ2v) is 2.80. The van der Waals surface area contributed by atoms with E-state index >= 15 is 0 Å². The molecular weight excluding hydrogens is 185 g/mol. The van der Waals surface area contributed by atoms with Gasteiger partial charge in [0.25, 0.3) is 0 Å². The highest BCUT2D eigenvalue weighted by molar-refractivity contribution is 5.92. The zero-order valence-corrected chi connectivity index (χ0v) is 6.69. The van der Waals surface area contributed by atoms with Gasteiger partial charge in [0, 0.05) is 18.3 Å². The fourth-order valence-electron chi connectivity index (χ4n) is 1.25. The number of rotatable bonds is 1. The number of amides is 1. The van der Waals surface area contributed by atoms with Crippen molar-refractivity contribution in [3.63, 3.8) is 0 Å². The molecule has 6 heteroatoms. The number of halogens is 3. The summed E-state index contributed by atoms with van der Waals surface area (Å²) < 4.78 is 36.8. The van der Waals surface area contributed by atoms with Crippen LogP contribution in [0.25, 0.3) is 0 Å². The Bertz CT molecular complexity index is 247. The molecule has 0 radical (unpaired) electrons. The van der Waals surface area contributed by atoms with Crippen LogP contribution in [0.4, 0.5) is 13.2 Å². The van der Waals surface area contributed by atoms with Crippen molar-refractivity contribution in [3.05, 3.63) is 11.8 Å². The monoisotopic (exact) mass is 194 g/mol. The van der Waals surface area contributed by atoms with Crippen LogP contribution >= 0.6 is 0 Å². The van der Waals surface area contributed by atoms with Gasteiger partial charge in [0.1, 0.15) is 0 Å². The molecule has 0 fully saturated rings. The van der Waals surface area contributed by atoms with Crippen molar-refractivity contribution in [3.8, 4) is 0 Å². The second-order valence-electron chi connectivity index (χ2n) is 2.80. The summed E-state index contributed by atoms with van der Waals surface area (Å²) in [6.45, 7) is 0.209. The minimum Gasteiger partial charge on any atom is -0.390 e. The van der Waals surface area contributed by atoms with E-state index in [9.17, 15) is 18.0 Å². The molecule has 1 rings (SSSR count). The van der Waals surface area contributed by atoms with Gasteiger partial charge in [-0.2, -0.15) is 13.2 Å². The predicted octanol–water partition coefficient (Wildman–Crippen LogP) is 0.527. The average Bonchev–Trinajstić information content (AvgIpc) is 2.03. The molecule has 1 atom stereocenters. The van der Waals surface area contributed by atoms with Gasteiger partial charge in [-0.15, -0.1) is 0 Å². The molecule has 1 aliphatic rings. The maximum absolute atomic E-state index is 12.3. The van der Waals surface area contributed by atoms with Crippen molar-refractivity contribution in [1.82, 2.24) is 5.32 Å². The minimum absolute atomic E-state index is 0.141. The summed E-state index contributed by atoms with van der Waals surface area (Å²) >= 11 is 0. The average molecular weight is 194 g/mol. The van der Waals surface area contributed by atoms with Gasteiger partial charge in [0.2, 0.25) is 5.91 Å². The number of primary amides is 1. The Labute approximate surface area is 72.8 Å². The van der Waals surface area contributed by atoms with Crippen LogP contribution in [0.2, 0.25) is 0 Å².